The molecule has 4 nitrogen and oxygen atoms in total. The highest BCUT2D eigenvalue weighted by molar-refractivity contribution is 5.91. The number of carbonyl (C=O) groups excluding carboxylic acids is 1. The average Bonchev–Trinajstić information content (AvgIpc) is 2.93. The van der Waals surface area contributed by atoms with Crippen molar-refractivity contribution in [3.8, 4) is 0 Å². The summed E-state index contributed by atoms with van der Waals surface area (Å²) in [5.74, 6) is 0.244. The lowest BCUT2D eigenvalue weighted by molar-refractivity contribution is -0.0918. The fourth-order valence-corrected chi connectivity index (χ4v) is 2.56. The number of carbonyl (C=O) groups is 1. The van der Waals surface area contributed by atoms with Gasteiger partial charge >= 0.3 is 0 Å². The van der Waals surface area contributed by atoms with Crippen molar-refractivity contribution in [3.63, 3.8) is 0 Å². The first-order valence-electron chi connectivity index (χ1n) is 6.67. The lowest BCUT2D eigenvalue weighted by Gasteiger charge is -2.40. The van der Waals surface area contributed by atoms with Crippen LogP contribution in [0.3, 0.4) is 0 Å². The van der Waals surface area contributed by atoms with Crippen LogP contribution < -0.4 is 5.32 Å². The number of amides is 1. The van der Waals surface area contributed by atoms with Gasteiger partial charge in [0.25, 0.3) is 5.91 Å². The predicted molar refractivity (Wildman–Crippen MR) is 68.5 cm³/mol. The number of hydrogen-bond donors (Lipinski definition) is 1. The van der Waals surface area contributed by atoms with Gasteiger partial charge in [-0.25, -0.2) is 0 Å². The van der Waals surface area contributed by atoms with E-state index in [1.807, 2.05) is 0 Å². The zero-order valence-corrected chi connectivity index (χ0v) is 11.1. The van der Waals surface area contributed by atoms with Gasteiger partial charge in [-0.3, -0.25) is 4.79 Å². The second-order valence-electron chi connectivity index (χ2n) is 4.88. The Morgan fingerprint density at radius 3 is 2.89 bits per heavy atom. The normalized spacial score (nSPS) is 22.7. The van der Waals surface area contributed by atoms with Gasteiger partial charge in [0.2, 0.25) is 0 Å². The van der Waals surface area contributed by atoms with Crippen molar-refractivity contribution in [2.45, 2.75) is 51.2 Å². The molecule has 1 amide bonds. The Hall–Kier alpha value is -1.29. The van der Waals surface area contributed by atoms with Crippen molar-refractivity contribution in [3.05, 3.63) is 24.2 Å². The molecule has 4 heteroatoms. The van der Waals surface area contributed by atoms with Gasteiger partial charge in [0.05, 0.1) is 11.9 Å². The number of ether oxygens (including phenoxy) is 1. The van der Waals surface area contributed by atoms with Gasteiger partial charge in [-0.15, -0.1) is 0 Å². The lowest BCUT2D eigenvalue weighted by atomic mass is 9.86. The summed E-state index contributed by atoms with van der Waals surface area (Å²) >= 11 is 0. The summed E-state index contributed by atoms with van der Waals surface area (Å²) < 4.78 is 11.0. The molecule has 1 saturated heterocycles. The summed E-state index contributed by atoms with van der Waals surface area (Å²) in [5, 5.41) is 3.03. The SMILES string of the molecule is CCC1(CC)CC(NC(=O)c2ccco2)CCO1. The Morgan fingerprint density at radius 1 is 1.50 bits per heavy atom. The second kappa shape index (κ2) is 5.57. The number of rotatable bonds is 4. The quantitative estimate of drug-likeness (QED) is 0.895. The summed E-state index contributed by atoms with van der Waals surface area (Å²) in [6.45, 7) is 4.99. The standard InChI is InChI=1S/C14H21NO3/c1-3-14(4-2)10-11(7-9-18-14)15-13(16)12-6-5-8-17-12/h5-6,8,11H,3-4,7,9-10H2,1-2H3,(H,15,16). The van der Waals surface area contributed by atoms with Gasteiger partial charge in [-0.2, -0.15) is 0 Å². The van der Waals surface area contributed by atoms with Crippen LogP contribution in [0.5, 0.6) is 0 Å². The molecule has 0 saturated carbocycles. The van der Waals surface area contributed by atoms with Crippen molar-refractivity contribution < 1.29 is 13.9 Å². The molecule has 1 unspecified atom stereocenters. The van der Waals surface area contributed by atoms with Crippen LogP contribution in [-0.4, -0.2) is 24.2 Å². The summed E-state index contributed by atoms with van der Waals surface area (Å²) in [4.78, 5) is 11.9. The Labute approximate surface area is 108 Å². The van der Waals surface area contributed by atoms with E-state index in [1.165, 1.54) is 6.26 Å². The minimum Gasteiger partial charge on any atom is -0.459 e. The molecule has 0 aromatic carbocycles. The van der Waals surface area contributed by atoms with Crippen LogP contribution >= 0.6 is 0 Å². The van der Waals surface area contributed by atoms with Crippen molar-refractivity contribution >= 4 is 5.91 Å². The Balaban J connectivity index is 1.96. The third kappa shape index (κ3) is 2.75. The first-order valence-corrected chi connectivity index (χ1v) is 6.67. The van der Waals surface area contributed by atoms with E-state index in [0.717, 1.165) is 25.7 Å². The molecule has 1 N–H and O–H groups in total. The van der Waals surface area contributed by atoms with Crippen molar-refractivity contribution in [1.82, 2.24) is 5.32 Å². The van der Waals surface area contributed by atoms with Gasteiger partial charge in [0, 0.05) is 12.6 Å². The minimum atomic E-state index is -0.131. The minimum absolute atomic E-state index is 0.0701. The fraction of sp³-hybridized carbons (Fsp3) is 0.643. The molecule has 0 aliphatic carbocycles. The second-order valence-corrected chi connectivity index (χ2v) is 4.88. The predicted octanol–water partition coefficient (Wildman–Crippen LogP) is 2.75. The van der Waals surface area contributed by atoms with E-state index in [4.69, 9.17) is 9.15 Å². The van der Waals surface area contributed by atoms with E-state index in [2.05, 4.69) is 19.2 Å². The molecule has 0 bridgehead atoms. The highest BCUT2D eigenvalue weighted by atomic mass is 16.5. The smallest absolute Gasteiger partial charge is 0.287 e. The van der Waals surface area contributed by atoms with E-state index >= 15 is 0 Å². The summed E-state index contributed by atoms with van der Waals surface area (Å²) in [5.41, 5.74) is -0.0701. The Kier molecular flexibility index (Phi) is 4.07. The van der Waals surface area contributed by atoms with Gasteiger partial charge in [-0.1, -0.05) is 13.8 Å². The molecule has 0 spiro atoms. The average molecular weight is 251 g/mol. The molecular weight excluding hydrogens is 230 g/mol. The van der Waals surface area contributed by atoms with Crippen LogP contribution in [0, 0.1) is 0 Å². The maximum absolute atomic E-state index is 11.9. The van der Waals surface area contributed by atoms with Gasteiger partial charge in [0.15, 0.2) is 5.76 Å². The van der Waals surface area contributed by atoms with Crippen LogP contribution in [0.1, 0.15) is 50.1 Å². The highest BCUT2D eigenvalue weighted by Crippen LogP contribution is 2.31. The molecule has 1 fully saturated rings. The summed E-state index contributed by atoms with van der Waals surface area (Å²) in [7, 11) is 0. The molecule has 1 atom stereocenters. The topological polar surface area (TPSA) is 51.5 Å². The fourth-order valence-electron chi connectivity index (χ4n) is 2.56. The number of nitrogens with one attached hydrogen (secondary N) is 1. The number of hydrogen-bond acceptors (Lipinski definition) is 3. The summed E-state index contributed by atoms with van der Waals surface area (Å²) in [6, 6.07) is 3.58. The molecule has 1 aliphatic rings. The third-order valence-corrected chi connectivity index (χ3v) is 3.86. The van der Waals surface area contributed by atoms with Crippen LogP contribution in [0.2, 0.25) is 0 Å². The lowest BCUT2D eigenvalue weighted by Crippen LogP contribution is -2.48. The van der Waals surface area contributed by atoms with Gasteiger partial charge in [0.1, 0.15) is 0 Å². The largest absolute Gasteiger partial charge is 0.459 e. The van der Waals surface area contributed by atoms with Crippen LogP contribution in [-0.2, 0) is 4.74 Å². The summed E-state index contributed by atoms with van der Waals surface area (Å²) in [6.07, 6.45) is 5.23. The molecule has 2 rings (SSSR count). The Bertz CT molecular complexity index is 382. The number of furan rings is 1. The van der Waals surface area contributed by atoms with Gasteiger partial charge < -0.3 is 14.5 Å². The monoisotopic (exact) mass is 251 g/mol. The molecule has 1 aromatic rings. The van der Waals surface area contributed by atoms with E-state index in [0.29, 0.717) is 12.4 Å². The van der Waals surface area contributed by atoms with Crippen LogP contribution in [0.4, 0.5) is 0 Å². The Morgan fingerprint density at radius 2 is 2.28 bits per heavy atom. The van der Waals surface area contributed by atoms with Gasteiger partial charge in [-0.05, 0) is 37.8 Å². The molecule has 0 radical (unpaired) electrons. The van der Waals surface area contributed by atoms with E-state index in [9.17, 15) is 4.79 Å². The zero-order valence-electron chi connectivity index (χ0n) is 11.1. The molecular formula is C14H21NO3. The van der Waals surface area contributed by atoms with Crippen LogP contribution in [0.15, 0.2) is 22.8 Å². The van der Waals surface area contributed by atoms with Crippen molar-refractivity contribution in [2.24, 2.45) is 0 Å². The maximum atomic E-state index is 11.9. The van der Waals surface area contributed by atoms with E-state index in [-0.39, 0.29) is 17.6 Å². The third-order valence-electron chi connectivity index (χ3n) is 3.86. The molecule has 1 aromatic heterocycles. The molecule has 18 heavy (non-hydrogen) atoms. The highest BCUT2D eigenvalue weighted by Gasteiger charge is 2.35. The van der Waals surface area contributed by atoms with Crippen molar-refractivity contribution in [2.75, 3.05) is 6.61 Å². The van der Waals surface area contributed by atoms with E-state index < -0.39 is 0 Å². The van der Waals surface area contributed by atoms with Crippen LogP contribution in [0.25, 0.3) is 0 Å². The molecule has 100 valence electrons. The first kappa shape index (κ1) is 13.1. The first-order chi connectivity index (χ1) is 8.69. The zero-order chi connectivity index (χ0) is 13.0. The molecule has 1 aliphatic heterocycles. The van der Waals surface area contributed by atoms with Crippen molar-refractivity contribution in [1.29, 1.82) is 0 Å². The van der Waals surface area contributed by atoms with E-state index in [1.54, 1.807) is 12.1 Å². The maximum Gasteiger partial charge on any atom is 0.287 e. The molecule has 2 heterocycles.